The highest BCUT2D eigenvalue weighted by Crippen LogP contribution is 2.45. The van der Waals surface area contributed by atoms with Crippen molar-refractivity contribution in [3.63, 3.8) is 0 Å². The maximum Gasteiger partial charge on any atom is 0.338 e. The van der Waals surface area contributed by atoms with Crippen LogP contribution in [0.2, 0.25) is 0 Å². The zero-order chi connectivity index (χ0) is 33.0. The van der Waals surface area contributed by atoms with Gasteiger partial charge in [-0.15, -0.1) is 0 Å². The second-order valence-corrected chi connectivity index (χ2v) is 11.2. The van der Waals surface area contributed by atoms with Gasteiger partial charge in [-0.05, 0) is 42.8 Å². The molecule has 5 aromatic rings. The van der Waals surface area contributed by atoms with E-state index < -0.39 is 41.9 Å². The lowest BCUT2D eigenvalue weighted by Crippen LogP contribution is -2.50. The van der Waals surface area contributed by atoms with E-state index in [1.807, 2.05) is 21.0 Å². The molecule has 1 fully saturated rings. The van der Waals surface area contributed by atoms with Gasteiger partial charge in [0, 0.05) is 14.1 Å². The Morgan fingerprint density at radius 1 is 0.787 bits per heavy atom. The van der Waals surface area contributed by atoms with Crippen LogP contribution in [0.25, 0.3) is 11.2 Å². The summed E-state index contributed by atoms with van der Waals surface area (Å²) >= 11 is 0. The lowest BCUT2D eigenvalue weighted by atomic mass is 9.92. The third kappa shape index (κ3) is 6.27. The van der Waals surface area contributed by atoms with Crippen molar-refractivity contribution < 1.29 is 33.3 Å². The van der Waals surface area contributed by atoms with Crippen LogP contribution in [0.1, 0.15) is 50.6 Å². The number of benzene rings is 3. The fourth-order valence-electron chi connectivity index (χ4n) is 5.56. The van der Waals surface area contributed by atoms with Gasteiger partial charge in [-0.1, -0.05) is 61.5 Å². The fourth-order valence-corrected chi connectivity index (χ4v) is 5.56. The molecule has 0 saturated carbocycles. The van der Waals surface area contributed by atoms with Crippen LogP contribution in [0.15, 0.2) is 104 Å². The molecule has 0 N–H and O–H groups in total. The molecule has 2 aromatic heterocycles. The van der Waals surface area contributed by atoms with Crippen molar-refractivity contribution in [2.45, 2.75) is 37.4 Å². The molecule has 0 radical (unpaired) electrons. The van der Waals surface area contributed by atoms with Crippen LogP contribution in [-0.2, 0) is 18.9 Å². The molecular formula is C35H33N5O7. The maximum atomic E-state index is 13.6. The number of nitrogens with zero attached hydrogens (tertiary/aromatic N) is 5. The van der Waals surface area contributed by atoms with Gasteiger partial charge >= 0.3 is 17.9 Å². The Kier molecular flexibility index (Phi) is 8.94. The van der Waals surface area contributed by atoms with Gasteiger partial charge in [-0.25, -0.2) is 29.3 Å². The van der Waals surface area contributed by atoms with Crippen molar-refractivity contribution in [2.24, 2.45) is 0 Å². The average Bonchev–Trinajstić information content (AvgIpc) is 3.67. The molecule has 1 aliphatic rings. The number of ether oxygens (including phenoxy) is 4. The van der Waals surface area contributed by atoms with Gasteiger partial charge < -0.3 is 23.8 Å². The number of fused-ring (bicyclic) bond motifs is 1. The molecule has 1 saturated heterocycles. The van der Waals surface area contributed by atoms with Gasteiger partial charge in [0.2, 0.25) is 0 Å². The summed E-state index contributed by atoms with van der Waals surface area (Å²) in [5.74, 6) is -1.35. The van der Waals surface area contributed by atoms with E-state index in [9.17, 15) is 14.4 Å². The molecule has 0 bridgehead atoms. The van der Waals surface area contributed by atoms with E-state index >= 15 is 0 Å². The molecule has 3 heterocycles. The van der Waals surface area contributed by atoms with Crippen LogP contribution < -0.4 is 4.90 Å². The van der Waals surface area contributed by atoms with Gasteiger partial charge in [0.1, 0.15) is 18.5 Å². The molecule has 47 heavy (non-hydrogen) atoms. The summed E-state index contributed by atoms with van der Waals surface area (Å²) < 4.78 is 26.5. The largest absolute Gasteiger partial charge is 0.459 e. The Morgan fingerprint density at radius 2 is 1.34 bits per heavy atom. The number of carbonyl (C=O) groups is 3. The number of rotatable bonds is 10. The number of imidazole rings is 1. The first kappa shape index (κ1) is 31.4. The van der Waals surface area contributed by atoms with Crippen LogP contribution in [0.5, 0.6) is 0 Å². The summed E-state index contributed by atoms with van der Waals surface area (Å²) in [6.45, 7) is 1.50. The smallest absolute Gasteiger partial charge is 0.338 e. The predicted molar refractivity (Wildman–Crippen MR) is 171 cm³/mol. The minimum absolute atomic E-state index is 0.211. The van der Waals surface area contributed by atoms with E-state index in [1.54, 1.807) is 100 Å². The van der Waals surface area contributed by atoms with Crippen molar-refractivity contribution in [1.29, 1.82) is 0 Å². The highest BCUT2D eigenvalue weighted by Gasteiger charge is 2.60. The Hall–Kier alpha value is -5.62. The van der Waals surface area contributed by atoms with E-state index in [0.29, 0.717) is 22.5 Å². The first-order valence-corrected chi connectivity index (χ1v) is 15.1. The highest BCUT2D eigenvalue weighted by molar-refractivity contribution is 5.91. The summed E-state index contributed by atoms with van der Waals surface area (Å²) in [6, 6.07) is 25.4. The predicted octanol–water partition coefficient (Wildman–Crippen LogP) is 4.88. The lowest BCUT2D eigenvalue weighted by molar-refractivity contribution is -0.133. The third-order valence-corrected chi connectivity index (χ3v) is 8.04. The molecule has 0 amide bonds. The number of anilines is 1. The van der Waals surface area contributed by atoms with Crippen LogP contribution in [-0.4, -0.2) is 75.9 Å². The quantitative estimate of drug-likeness (QED) is 0.154. The Labute approximate surface area is 270 Å². The first-order valence-electron chi connectivity index (χ1n) is 15.1. The molecule has 1 aliphatic heterocycles. The molecule has 4 atom stereocenters. The molecule has 0 spiro atoms. The maximum absolute atomic E-state index is 13.6. The molecule has 240 valence electrons. The van der Waals surface area contributed by atoms with Crippen molar-refractivity contribution in [2.75, 3.05) is 25.6 Å². The van der Waals surface area contributed by atoms with Crippen LogP contribution in [0.4, 0.5) is 5.82 Å². The molecular weight excluding hydrogens is 602 g/mol. The summed E-state index contributed by atoms with van der Waals surface area (Å²) in [5.41, 5.74) is 0.345. The minimum Gasteiger partial charge on any atom is -0.459 e. The molecule has 6 rings (SSSR count). The van der Waals surface area contributed by atoms with Crippen molar-refractivity contribution in [3.05, 3.63) is 120 Å². The summed E-state index contributed by atoms with van der Waals surface area (Å²) in [6.07, 6.45) is -0.422. The zero-order valence-electron chi connectivity index (χ0n) is 26.1. The third-order valence-electron chi connectivity index (χ3n) is 8.04. The van der Waals surface area contributed by atoms with Gasteiger partial charge in [0.15, 0.2) is 35.4 Å². The van der Waals surface area contributed by atoms with Crippen LogP contribution in [0.3, 0.4) is 0 Å². The number of hydrogen-bond donors (Lipinski definition) is 0. The summed E-state index contributed by atoms with van der Waals surface area (Å²) in [4.78, 5) is 55.5. The monoisotopic (exact) mass is 635 g/mol. The average molecular weight is 636 g/mol. The molecule has 0 aliphatic carbocycles. The van der Waals surface area contributed by atoms with E-state index in [1.165, 1.54) is 12.7 Å². The standard InChI is InChI=1S/C35H33N5O7/c1-4-35(20-44-32(41)23-14-8-5-9-15-23)28(46-34(43)25-18-12-7-13-19-25)27(45-33(42)24-16-10-6-11-17-24)31(47-35)40-22-38-26-29(39(2)3)36-21-37-30(26)40/h5-19,21-22,27-28,31H,4,20H2,1-3H3/t27-,28+,31-,35-/m1/s1. The van der Waals surface area contributed by atoms with Gasteiger partial charge in [0.05, 0.1) is 23.0 Å². The summed E-state index contributed by atoms with van der Waals surface area (Å²) in [7, 11) is 3.67. The van der Waals surface area contributed by atoms with Gasteiger partial charge in [-0.2, -0.15) is 0 Å². The molecule has 12 heteroatoms. The van der Waals surface area contributed by atoms with E-state index in [4.69, 9.17) is 18.9 Å². The number of carbonyl (C=O) groups excluding carboxylic acids is 3. The van der Waals surface area contributed by atoms with Gasteiger partial charge in [0.25, 0.3) is 0 Å². The topological polar surface area (TPSA) is 135 Å². The van der Waals surface area contributed by atoms with E-state index in [-0.39, 0.29) is 24.2 Å². The second kappa shape index (κ2) is 13.4. The molecule has 12 nitrogen and oxygen atoms in total. The molecule has 0 unspecified atom stereocenters. The fraction of sp³-hybridized carbons (Fsp3) is 0.257. The van der Waals surface area contributed by atoms with Crippen LogP contribution >= 0.6 is 0 Å². The van der Waals surface area contributed by atoms with Gasteiger partial charge in [-0.3, -0.25) is 4.57 Å². The number of esters is 3. The first-order chi connectivity index (χ1) is 22.8. The zero-order valence-corrected chi connectivity index (χ0v) is 26.1. The van der Waals surface area contributed by atoms with Crippen LogP contribution in [0, 0.1) is 0 Å². The van der Waals surface area contributed by atoms with Crippen molar-refractivity contribution in [1.82, 2.24) is 19.5 Å². The second-order valence-electron chi connectivity index (χ2n) is 11.2. The van der Waals surface area contributed by atoms with Crippen molar-refractivity contribution in [3.8, 4) is 0 Å². The minimum atomic E-state index is -1.45. The van der Waals surface area contributed by atoms with E-state index in [2.05, 4.69) is 15.0 Å². The Balaban J connectivity index is 1.45. The number of aromatic nitrogens is 4. The Morgan fingerprint density at radius 3 is 1.89 bits per heavy atom. The SMILES string of the molecule is CC[C@]1(COC(=O)c2ccccc2)O[C@@H](n2cnc3c(N(C)C)ncnc32)[C@H](OC(=O)c2ccccc2)[C@@H]1OC(=O)c1ccccc1. The van der Waals surface area contributed by atoms with Crippen molar-refractivity contribution >= 4 is 34.9 Å². The highest BCUT2D eigenvalue weighted by atomic mass is 16.7. The van der Waals surface area contributed by atoms with E-state index in [0.717, 1.165) is 0 Å². The lowest BCUT2D eigenvalue weighted by Gasteiger charge is -2.33. The molecule has 3 aromatic carbocycles. The number of hydrogen-bond acceptors (Lipinski definition) is 11. The summed E-state index contributed by atoms with van der Waals surface area (Å²) in [5, 5.41) is 0. The Bertz CT molecular complexity index is 1870. The normalized spacial score (nSPS) is 20.4.